The lowest BCUT2D eigenvalue weighted by atomic mass is 10.1. The first-order valence-corrected chi connectivity index (χ1v) is 18.0. The second-order valence-corrected chi connectivity index (χ2v) is 15.6. The number of hydrogen-bond donors (Lipinski definition) is 5. The zero-order valence-electron chi connectivity index (χ0n) is 22.0. The van der Waals surface area contributed by atoms with Crippen LogP contribution in [0.25, 0.3) is 22.3 Å². The quantitative estimate of drug-likeness (QED) is 0.144. The number of alkyl halides is 1. The lowest BCUT2D eigenvalue weighted by Gasteiger charge is -2.27. The summed E-state index contributed by atoms with van der Waals surface area (Å²) in [5.41, 5.74) is 12.6. The van der Waals surface area contributed by atoms with Crippen molar-refractivity contribution >= 4 is 71.5 Å². The van der Waals surface area contributed by atoms with Gasteiger partial charge in [0.15, 0.2) is 41.6 Å². The molecule has 0 radical (unpaired) electrons. The Balaban J connectivity index is 0.00000357. The van der Waals surface area contributed by atoms with Crippen LogP contribution in [0.3, 0.4) is 0 Å². The molecule has 4 aromatic heterocycles. The van der Waals surface area contributed by atoms with E-state index in [1.165, 1.54) is 34.4 Å². The smallest absolute Gasteiger partial charge is 0.386 e. The van der Waals surface area contributed by atoms with Crippen molar-refractivity contribution < 1.29 is 46.5 Å². The number of halogens is 1. The molecule has 10 atom stereocenters. The minimum absolute atomic E-state index is 0. The fourth-order valence-corrected chi connectivity index (χ4v) is 8.08. The first-order chi connectivity index (χ1) is 20.9. The van der Waals surface area contributed by atoms with Crippen molar-refractivity contribution in [2.75, 3.05) is 24.7 Å². The maximum Gasteiger partial charge on any atom is 0.386 e. The van der Waals surface area contributed by atoms with Crippen molar-refractivity contribution in [3.05, 3.63) is 25.3 Å². The number of anilines is 2. The van der Waals surface area contributed by atoms with Crippen molar-refractivity contribution in [1.82, 2.24) is 39.0 Å². The van der Waals surface area contributed by atoms with Crippen LogP contribution in [0.5, 0.6) is 0 Å². The Labute approximate surface area is 263 Å². The van der Waals surface area contributed by atoms with E-state index in [1.807, 2.05) is 0 Å². The number of nitrogen functional groups attached to an aromatic ring is 2. The third kappa shape index (κ3) is 5.83. The third-order valence-electron chi connectivity index (χ3n) is 7.22. The Morgan fingerprint density at radius 3 is 2.07 bits per heavy atom. The number of nitrogens with two attached hydrogens (primary N) is 2. The van der Waals surface area contributed by atoms with E-state index in [2.05, 4.69) is 42.2 Å². The highest BCUT2D eigenvalue weighted by molar-refractivity contribution is 8.44. The molecule has 0 aliphatic carbocycles. The maximum atomic E-state index is 16.0. The number of thiol groups is 1. The summed E-state index contributed by atoms with van der Waals surface area (Å²) in [4.78, 5) is 35.3. The first-order valence-electron chi connectivity index (χ1n) is 12.7. The first kappa shape index (κ1) is 32.5. The van der Waals surface area contributed by atoms with Crippen LogP contribution in [-0.2, 0) is 43.9 Å². The average molecular weight is 709 g/mol. The predicted octanol–water partition coefficient (Wildman–Crippen LogP) is 1.03. The van der Waals surface area contributed by atoms with Crippen LogP contribution < -0.4 is 11.5 Å². The van der Waals surface area contributed by atoms with Gasteiger partial charge in [0.05, 0.1) is 25.9 Å². The molecule has 2 unspecified atom stereocenters. The van der Waals surface area contributed by atoms with Crippen LogP contribution in [0, 0.1) is 0 Å². The SMILES string of the molecule is C.Nc1ncnc2c1ncn2[C@@H]1O[C@@H]2COP(=O)(S)O[C@@H]3[C@H](O)[C@@H](COP(O)(=S)O[C@H]2[C@H]1F)O[C@H]3n1cnc2c(N)ncnc21. The van der Waals surface area contributed by atoms with E-state index in [9.17, 15) is 14.6 Å². The van der Waals surface area contributed by atoms with Crippen LogP contribution >= 0.6 is 25.8 Å². The van der Waals surface area contributed by atoms with Gasteiger partial charge in [0.25, 0.3) is 0 Å². The highest BCUT2D eigenvalue weighted by Crippen LogP contribution is 2.58. The molecular formula is C21H27FN10O9P2S2. The molecule has 7 heterocycles. The van der Waals surface area contributed by atoms with Gasteiger partial charge in [-0.2, -0.15) is 0 Å². The topological polar surface area (TPSA) is 252 Å². The molecule has 24 heteroatoms. The predicted molar refractivity (Wildman–Crippen MR) is 160 cm³/mol. The number of ether oxygens (including phenoxy) is 2. The van der Waals surface area contributed by atoms with E-state index >= 15 is 4.39 Å². The van der Waals surface area contributed by atoms with Gasteiger partial charge in [-0.15, -0.1) is 0 Å². The zero-order chi connectivity index (χ0) is 31.0. The van der Waals surface area contributed by atoms with Gasteiger partial charge in [0.2, 0.25) is 0 Å². The maximum absolute atomic E-state index is 16.0. The van der Waals surface area contributed by atoms with Crippen LogP contribution in [-0.4, -0.2) is 98.9 Å². The molecule has 244 valence electrons. The largest absolute Gasteiger partial charge is 0.387 e. The standard InChI is InChI=1S/C20H23FN10O9P2S2.CH4/c21-9-13-8(38-19(9)30-5-28-10-15(22)24-3-26-17(10)30)2-36-42(34,44)40-14-12(32)7(1-35-41(33,43)39-13)37-20(14)31-6-29-11-16(23)25-4-27-18(11)31;/h3-9,12-14,19-20,32H,1-2H2,(H,33,43)(H,34,44)(H2,22,24,26)(H2,23,25,27);1H4/t7-,8-,9-,12-,13-,14-,19-,20-,41?,42?;/m1./s1. The molecule has 45 heavy (non-hydrogen) atoms. The third-order valence-corrected chi connectivity index (χ3v) is 10.4. The Morgan fingerprint density at radius 2 is 1.44 bits per heavy atom. The number of fused-ring (bicyclic) bond motifs is 5. The highest BCUT2D eigenvalue weighted by atomic mass is 32.7. The summed E-state index contributed by atoms with van der Waals surface area (Å²) in [5.74, 6) is 0.150. The Hall–Kier alpha value is -2.46. The molecule has 0 saturated carbocycles. The molecule has 6 N–H and O–H groups in total. The van der Waals surface area contributed by atoms with Gasteiger partial charge < -0.3 is 35.5 Å². The molecule has 0 spiro atoms. The summed E-state index contributed by atoms with van der Waals surface area (Å²) < 4.78 is 66.2. The van der Waals surface area contributed by atoms with Gasteiger partial charge in [-0.3, -0.25) is 22.7 Å². The van der Waals surface area contributed by atoms with Crippen molar-refractivity contribution in [3.8, 4) is 0 Å². The fraction of sp³-hybridized carbons (Fsp3) is 0.524. The van der Waals surface area contributed by atoms with E-state index in [4.69, 9.17) is 50.8 Å². The minimum Gasteiger partial charge on any atom is -0.387 e. The lowest BCUT2D eigenvalue weighted by Crippen LogP contribution is -2.35. The number of aromatic nitrogens is 8. The molecule has 4 aromatic rings. The lowest BCUT2D eigenvalue weighted by molar-refractivity contribution is -0.0584. The van der Waals surface area contributed by atoms with E-state index in [1.54, 1.807) is 0 Å². The molecule has 2 bridgehead atoms. The molecule has 3 saturated heterocycles. The van der Waals surface area contributed by atoms with E-state index < -0.39 is 75.9 Å². The minimum atomic E-state index is -4.34. The van der Waals surface area contributed by atoms with E-state index in [0.717, 1.165) is 0 Å². The summed E-state index contributed by atoms with van der Waals surface area (Å²) >= 11 is 9.25. The van der Waals surface area contributed by atoms with Gasteiger partial charge in [-0.25, -0.2) is 38.9 Å². The van der Waals surface area contributed by atoms with Gasteiger partial charge in [0.1, 0.15) is 54.2 Å². The molecular weight excluding hydrogens is 681 g/mol. The van der Waals surface area contributed by atoms with Gasteiger partial charge in [-0.05, 0) is 11.8 Å². The van der Waals surface area contributed by atoms with Crippen molar-refractivity contribution in [2.45, 2.75) is 56.6 Å². The van der Waals surface area contributed by atoms with Crippen molar-refractivity contribution in [2.24, 2.45) is 0 Å². The molecule has 0 aromatic carbocycles. The number of nitrogens with zero attached hydrogens (tertiary/aromatic N) is 8. The Morgan fingerprint density at radius 1 is 0.889 bits per heavy atom. The van der Waals surface area contributed by atoms with Gasteiger partial charge in [-0.1, -0.05) is 19.7 Å². The number of hydrogen-bond acceptors (Lipinski definition) is 17. The molecule has 3 aliphatic rings. The molecule has 3 fully saturated rings. The van der Waals surface area contributed by atoms with Crippen LogP contribution in [0.1, 0.15) is 19.9 Å². The molecule has 19 nitrogen and oxygen atoms in total. The van der Waals surface area contributed by atoms with Crippen molar-refractivity contribution in [1.29, 1.82) is 0 Å². The molecule has 3 aliphatic heterocycles. The van der Waals surface area contributed by atoms with E-state index in [-0.39, 0.29) is 41.4 Å². The highest BCUT2D eigenvalue weighted by Gasteiger charge is 2.53. The summed E-state index contributed by atoms with van der Waals surface area (Å²) in [7, 11) is 0. The average Bonchev–Trinajstić information content (AvgIpc) is 3.73. The van der Waals surface area contributed by atoms with Crippen LogP contribution in [0.4, 0.5) is 16.0 Å². The monoisotopic (exact) mass is 708 g/mol. The van der Waals surface area contributed by atoms with Crippen LogP contribution in [0.15, 0.2) is 25.3 Å². The summed E-state index contributed by atoms with van der Waals surface area (Å²) in [6.07, 6.45) is -6.71. The molecule has 7 rings (SSSR count). The normalized spacial score (nSPS) is 37.4. The zero-order valence-corrected chi connectivity index (χ0v) is 25.5. The number of imidazole rings is 2. The second kappa shape index (κ2) is 12.0. The van der Waals surface area contributed by atoms with Crippen LogP contribution in [0.2, 0.25) is 0 Å². The summed E-state index contributed by atoms with van der Waals surface area (Å²) in [5, 5.41) is 11.1. The fourth-order valence-electron chi connectivity index (χ4n) is 5.19. The van der Waals surface area contributed by atoms with Crippen molar-refractivity contribution in [3.63, 3.8) is 0 Å². The summed E-state index contributed by atoms with van der Waals surface area (Å²) in [6.45, 7) is -9.72. The van der Waals surface area contributed by atoms with E-state index in [0.29, 0.717) is 0 Å². The number of aliphatic hydroxyl groups is 1. The summed E-state index contributed by atoms with van der Waals surface area (Å²) in [6, 6.07) is 0. The Bertz CT molecular complexity index is 1840. The Kier molecular flexibility index (Phi) is 8.64. The molecule has 0 amide bonds. The van der Waals surface area contributed by atoms with Gasteiger partial charge >= 0.3 is 13.5 Å². The number of aliphatic hydroxyl groups excluding tert-OH is 1. The second-order valence-electron chi connectivity index (χ2n) is 9.90. The van der Waals surface area contributed by atoms with Gasteiger partial charge in [0, 0.05) is 0 Å². The number of rotatable bonds is 2.